The lowest BCUT2D eigenvalue weighted by Crippen LogP contribution is -2.32. The molecule has 0 fully saturated rings. The van der Waals surface area contributed by atoms with Crippen molar-refractivity contribution in [3.63, 3.8) is 0 Å². The van der Waals surface area contributed by atoms with Crippen LogP contribution in [-0.2, 0) is 25.8 Å². The molecule has 2 heterocycles. The largest absolute Gasteiger partial charge is 0.505 e. The number of nitrogens with one attached hydrogen (secondary N) is 2. The summed E-state index contributed by atoms with van der Waals surface area (Å²) < 4.78 is 38.0. The second kappa shape index (κ2) is 21.0. The van der Waals surface area contributed by atoms with Crippen molar-refractivity contribution >= 4 is 78.9 Å². The maximum atomic E-state index is 12.9. The third-order valence-corrected chi connectivity index (χ3v) is 11.2. The number of phenolic OH excluding ortho intramolecular Hbond substituents is 1. The topological polar surface area (TPSA) is 250 Å². The Morgan fingerprint density at radius 2 is 1.52 bits per heavy atom. The van der Waals surface area contributed by atoms with Crippen molar-refractivity contribution in [1.82, 2.24) is 15.0 Å². The number of ether oxygens (including phenoxy) is 1. The lowest BCUT2D eigenvalue weighted by Gasteiger charge is -2.15. The normalized spacial score (nSPS) is 11.8. The molecule has 7 N–H and O–H groups in total. The molecule has 0 spiro atoms. The molecule has 0 aliphatic rings. The quantitative estimate of drug-likeness (QED) is 0.0127. The number of anilines is 4. The average Bonchev–Trinajstić information content (AvgIpc) is 3.29. The number of methoxy groups -OCH3 is 1. The second-order valence-corrected chi connectivity index (χ2v) is 16.7. The van der Waals surface area contributed by atoms with Crippen LogP contribution in [0.5, 0.6) is 11.5 Å². The van der Waals surface area contributed by atoms with Gasteiger partial charge in [0.1, 0.15) is 17.1 Å². The number of aromatic nitrogens is 4. The predicted molar refractivity (Wildman–Crippen MR) is 244 cm³/mol. The monoisotopic (exact) mass is 901 g/mol. The maximum Gasteiger partial charge on any atom is 0.444 e. The fourth-order valence-electron chi connectivity index (χ4n) is 6.48. The molecule has 64 heavy (non-hydrogen) atoms. The second-order valence-electron chi connectivity index (χ2n) is 14.3. The van der Waals surface area contributed by atoms with Crippen LogP contribution in [0.2, 0.25) is 0 Å². The molecule has 20 heteroatoms. The van der Waals surface area contributed by atoms with Crippen molar-refractivity contribution in [2.45, 2.75) is 55.7 Å². The predicted octanol–water partition coefficient (Wildman–Crippen LogP) is 10.2. The first-order chi connectivity index (χ1) is 31.0. The van der Waals surface area contributed by atoms with Gasteiger partial charge in [-0.15, -0.1) is 24.5 Å². The summed E-state index contributed by atoms with van der Waals surface area (Å²) >= 11 is 0.620. The summed E-state index contributed by atoms with van der Waals surface area (Å²) in [5.74, 6) is 5.54. The van der Waals surface area contributed by atoms with Crippen molar-refractivity contribution in [3.05, 3.63) is 127 Å². The number of benzene rings is 5. The van der Waals surface area contributed by atoms with Crippen LogP contribution in [-0.4, -0.2) is 35.6 Å². The molecule has 0 bridgehead atoms. The fourth-order valence-corrected chi connectivity index (χ4v) is 7.56. The van der Waals surface area contributed by atoms with E-state index in [1.807, 2.05) is 55.5 Å². The van der Waals surface area contributed by atoms with Gasteiger partial charge in [0.25, 0.3) is 0 Å². The van der Waals surface area contributed by atoms with Crippen LogP contribution in [0.25, 0.3) is 16.7 Å². The first-order valence-electron chi connectivity index (χ1n) is 20.0. The Hall–Kier alpha value is -6.94. The van der Waals surface area contributed by atoms with Gasteiger partial charge in [-0.25, -0.2) is 18.1 Å². The Kier molecular flexibility index (Phi) is 14.8. The van der Waals surface area contributed by atoms with Crippen molar-refractivity contribution in [3.8, 4) is 17.4 Å². The van der Waals surface area contributed by atoms with Crippen LogP contribution < -0.4 is 31.0 Å². The molecular weight excluding hydrogens is 857 g/mol. The Morgan fingerprint density at radius 3 is 2.19 bits per heavy atom. The van der Waals surface area contributed by atoms with Gasteiger partial charge < -0.3 is 20.5 Å². The molecule has 0 saturated carbocycles. The summed E-state index contributed by atoms with van der Waals surface area (Å²) in [4.78, 5) is 18.2. The van der Waals surface area contributed by atoms with Crippen molar-refractivity contribution in [2.75, 3.05) is 17.7 Å². The van der Waals surface area contributed by atoms with Gasteiger partial charge in [-0.05, 0) is 120 Å². The van der Waals surface area contributed by atoms with Crippen LogP contribution >= 0.6 is 12.0 Å². The first-order valence-corrected chi connectivity index (χ1v) is 22.3. The van der Waals surface area contributed by atoms with Gasteiger partial charge in [0.05, 0.1) is 58.4 Å². The van der Waals surface area contributed by atoms with Crippen LogP contribution in [0, 0.1) is 6.92 Å². The van der Waals surface area contributed by atoms with Gasteiger partial charge in [0.15, 0.2) is 5.75 Å². The van der Waals surface area contributed by atoms with Gasteiger partial charge in [-0.1, -0.05) is 56.0 Å². The minimum Gasteiger partial charge on any atom is -0.505 e. The molecule has 2 aromatic heterocycles. The number of hydrogen-bond acceptors (Lipinski definition) is 17. The van der Waals surface area contributed by atoms with Gasteiger partial charge in [-0.3, -0.25) is 0 Å². The van der Waals surface area contributed by atoms with E-state index in [0.717, 1.165) is 48.9 Å². The van der Waals surface area contributed by atoms with Gasteiger partial charge in [0, 0.05) is 11.1 Å². The summed E-state index contributed by atoms with van der Waals surface area (Å²) in [6.45, 7) is 4.17. The van der Waals surface area contributed by atoms with Crippen molar-refractivity contribution in [2.24, 2.45) is 31.5 Å². The number of nitrogens with two attached hydrogens (primary N) is 2. The third-order valence-electron chi connectivity index (χ3n) is 9.69. The Labute approximate surface area is 373 Å². The molecule has 7 rings (SSSR count). The van der Waals surface area contributed by atoms with E-state index in [1.165, 1.54) is 25.3 Å². The number of azo groups is 2. The summed E-state index contributed by atoms with van der Waals surface area (Å²) in [7, 11) is -2.77. The van der Waals surface area contributed by atoms with E-state index in [0.29, 0.717) is 34.9 Å². The van der Waals surface area contributed by atoms with Gasteiger partial charge in [-0.2, -0.15) is 16.1 Å². The highest BCUT2D eigenvalue weighted by Crippen LogP contribution is 2.48. The van der Waals surface area contributed by atoms with E-state index in [4.69, 9.17) is 20.1 Å². The summed E-state index contributed by atoms with van der Waals surface area (Å²) in [5, 5.41) is 42.0. The highest BCUT2D eigenvalue weighted by Gasteiger charge is 2.24. The fraction of sp³-hybridized carbons (Fsp3) is 0.182. The van der Waals surface area contributed by atoms with Crippen LogP contribution in [0.3, 0.4) is 0 Å². The van der Waals surface area contributed by atoms with E-state index in [9.17, 15) is 13.5 Å². The number of fused-ring (bicyclic) bond motifs is 1. The summed E-state index contributed by atoms with van der Waals surface area (Å²) in [6, 6.07) is 30.1. The lowest BCUT2D eigenvalue weighted by molar-refractivity contribution is -0.603. The van der Waals surface area contributed by atoms with Crippen LogP contribution in [0.15, 0.2) is 146 Å². The zero-order valence-corrected chi connectivity index (χ0v) is 36.7. The number of nitrogens with zero attached hydrogens (tertiary/aromatic N) is 8. The molecule has 0 aliphatic heterocycles. The molecule has 7 aromatic rings. The number of hydrogen-bond donors (Lipinski definition) is 5. The number of primary sulfonamides is 1. The SMILES string of the molecule is CCCCCCc1ccc(OC)c(N=Nc2c(SOON)cc3cc(S(N)(=O)=O)cc(Nc4nc(Nc5ccc(N=Nc6ccc(C)cc6)cc5)nc(-[n+]5ccccc5)n4)c3c2O)c1. The minimum atomic E-state index is -4.30. The molecule has 18 nitrogen and oxygen atoms in total. The number of aryl methyl sites for hydroxylation is 2. The molecule has 5 aromatic carbocycles. The number of rotatable bonds is 19. The molecule has 0 unspecified atom stereocenters. The zero-order chi connectivity index (χ0) is 45.1. The summed E-state index contributed by atoms with van der Waals surface area (Å²) in [5.41, 5.74) is 4.56. The molecule has 0 radical (unpaired) electrons. The first kappa shape index (κ1) is 45.1. The summed E-state index contributed by atoms with van der Waals surface area (Å²) in [6.07, 6.45) is 8.72. The number of phenols is 1. The van der Waals surface area contributed by atoms with E-state index in [2.05, 4.69) is 58.0 Å². The van der Waals surface area contributed by atoms with E-state index in [1.54, 1.807) is 53.4 Å². The Balaban J connectivity index is 1.29. The zero-order valence-electron chi connectivity index (χ0n) is 35.0. The average molecular weight is 902 g/mol. The number of sulfonamides is 1. The van der Waals surface area contributed by atoms with Gasteiger partial charge >= 0.3 is 17.8 Å². The number of aromatic hydroxyl groups is 1. The molecule has 328 valence electrons. The van der Waals surface area contributed by atoms with E-state index < -0.39 is 15.8 Å². The highest BCUT2D eigenvalue weighted by molar-refractivity contribution is 7.94. The van der Waals surface area contributed by atoms with E-state index >= 15 is 0 Å². The number of pyridine rings is 1. The third kappa shape index (κ3) is 11.5. The molecule has 0 aliphatic carbocycles. The van der Waals surface area contributed by atoms with Crippen LogP contribution in [0.1, 0.15) is 43.7 Å². The van der Waals surface area contributed by atoms with Crippen molar-refractivity contribution < 1.29 is 32.2 Å². The molecule has 0 amide bonds. The number of unbranched alkanes of at least 4 members (excludes halogenated alkanes) is 3. The minimum absolute atomic E-state index is 0.0263. The molecule has 0 saturated heterocycles. The van der Waals surface area contributed by atoms with Crippen molar-refractivity contribution in [1.29, 1.82) is 0 Å². The smallest absolute Gasteiger partial charge is 0.444 e. The van der Waals surface area contributed by atoms with Crippen LogP contribution in [0.4, 0.5) is 46.0 Å². The standard InChI is InChI=1S/C44H44N12O6S2/c1-4-5-6-8-11-29-14-21-37(60-3)35(24-29)54-55-40-38(63-62-61-45)26-30-25-34(64(46,58)59)27-36(39(30)41(40)57)48-43-49-42(50-44(51-43)56-22-9-7-10-23-56)47-31-17-19-33(20-18-31)53-52-32-15-12-28(2)13-16-32/h7,9-10,12-27H,4-6,8,11,45H2,1-3H3,(H4-,46,47,48,49,50,51,52,54,57,58,59)/p+1. The molecule has 0 atom stereocenters. The lowest BCUT2D eigenvalue weighted by atomic mass is 10.1. The van der Waals surface area contributed by atoms with Gasteiger partial charge in [0.2, 0.25) is 10.0 Å². The Morgan fingerprint density at radius 1 is 0.812 bits per heavy atom. The maximum absolute atomic E-state index is 12.9. The molecular formula is C44H45N12O6S2+. The highest BCUT2D eigenvalue weighted by atomic mass is 32.2. The van der Waals surface area contributed by atoms with E-state index in [-0.39, 0.29) is 49.8 Å². The Bertz CT molecular complexity index is 2910.